The Hall–Kier alpha value is -3.23. The first-order chi connectivity index (χ1) is 16.0. The van der Waals surface area contributed by atoms with E-state index in [4.69, 9.17) is 8.92 Å². The van der Waals surface area contributed by atoms with Crippen molar-refractivity contribution in [1.82, 2.24) is 5.32 Å². The van der Waals surface area contributed by atoms with E-state index >= 15 is 0 Å². The summed E-state index contributed by atoms with van der Waals surface area (Å²) in [6, 6.07) is 7.41. The molecule has 0 radical (unpaired) electrons. The van der Waals surface area contributed by atoms with E-state index in [2.05, 4.69) is 26.2 Å². The second-order valence-corrected chi connectivity index (χ2v) is 10.0. The molecule has 0 aromatic heterocycles. The van der Waals surface area contributed by atoms with E-state index in [0.29, 0.717) is 5.56 Å². The van der Waals surface area contributed by atoms with Gasteiger partial charge in [-0.15, -0.1) is 0 Å². The van der Waals surface area contributed by atoms with Crippen LogP contribution in [0, 0.1) is 10.1 Å². The van der Waals surface area contributed by atoms with Crippen LogP contribution >= 0.6 is 27.7 Å². The van der Waals surface area contributed by atoms with Crippen LogP contribution < -0.4 is 14.2 Å². The first kappa shape index (κ1) is 25.4. The Morgan fingerprint density at radius 3 is 2.71 bits per heavy atom. The Balaban J connectivity index is 1.95. The van der Waals surface area contributed by atoms with Gasteiger partial charge in [0.15, 0.2) is 16.7 Å². The number of nitro groups is 1. The quantitative estimate of drug-likeness (QED) is 0.227. The number of halogens is 1. The number of nitrogens with zero attached hydrogens (tertiary/aromatic N) is 2. The van der Waals surface area contributed by atoms with Gasteiger partial charge in [0.25, 0.3) is 11.6 Å². The van der Waals surface area contributed by atoms with Gasteiger partial charge in [-0.3, -0.25) is 19.7 Å². The van der Waals surface area contributed by atoms with Crippen LogP contribution in [0.15, 0.2) is 55.7 Å². The SMILES string of the molecule is CCOc1cc(/C=C2\SC(NC(C)=O)=NC2=O)cc(Br)c1OS(=O)(=O)c1cccc([N+](=O)[O-])c1. The van der Waals surface area contributed by atoms with Gasteiger partial charge < -0.3 is 14.2 Å². The van der Waals surface area contributed by atoms with Crippen LogP contribution in [-0.4, -0.2) is 36.9 Å². The predicted octanol–water partition coefficient (Wildman–Crippen LogP) is 3.63. The van der Waals surface area contributed by atoms with E-state index in [9.17, 15) is 28.1 Å². The molecule has 2 aromatic carbocycles. The first-order valence-corrected chi connectivity index (χ1v) is 12.5. The number of carbonyl (C=O) groups excluding carboxylic acids is 2. The minimum absolute atomic E-state index is 0.0520. The standard InChI is InChI=1S/C20H16BrN3O8S2/c1-3-31-16-8-12(9-17-19(26)23-20(33-17)22-11(2)25)7-15(21)18(16)32-34(29,30)14-6-4-5-13(10-14)24(27)28/h4-10H,3H2,1-2H3,(H,22,23,25,26)/b17-9-. The number of nitrogens with one attached hydrogen (secondary N) is 1. The summed E-state index contributed by atoms with van der Waals surface area (Å²) in [4.78, 5) is 37.2. The summed E-state index contributed by atoms with van der Waals surface area (Å²) in [6.07, 6.45) is 1.50. The molecule has 0 spiro atoms. The molecule has 2 amide bonds. The lowest BCUT2D eigenvalue weighted by Crippen LogP contribution is -2.23. The van der Waals surface area contributed by atoms with Crippen LogP contribution in [0.3, 0.4) is 0 Å². The van der Waals surface area contributed by atoms with E-state index in [1.54, 1.807) is 6.92 Å². The second kappa shape index (κ2) is 10.4. The Morgan fingerprint density at radius 1 is 1.32 bits per heavy atom. The van der Waals surface area contributed by atoms with Gasteiger partial charge in [0.1, 0.15) is 4.90 Å². The summed E-state index contributed by atoms with van der Waals surface area (Å²) < 4.78 is 36.6. The summed E-state index contributed by atoms with van der Waals surface area (Å²) in [5.74, 6) is -1.03. The Bertz CT molecular complexity index is 1360. The zero-order valence-corrected chi connectivity index (χ0v) is 20.8. The molecule has 3 rings (SSSR count). The average Bonchev–Trinajstić information content (AvgIpc) is 3.08. The Kier molecular flexibility index (Phi) is 7.74. The molecule has 2 aromatic rings. The molecule has 1 aliphatic heterocycles. The molecular weight excluding hydrogens is 554 g/mol. The average molecular weight is 570 g/mol. The van der Waals surface area contributed by atoms with E-state index in [-0.39, 0.29) is 38.6 Å². The summed E-state index contributed by atoms with van der Waals surface area (Å²) in [5, 5.41) is 13.6. The van der Waals surface area contributed by atoms with Crippen LogP contribution in [-0.2, 0) is 19.7 Å². The molecule has 0 saturated heterocycles. The van der Waals surface area contributed by atoms with Gasteiger partial charge in [0, 0.05) is 19.1 Å². The normalized spacial score (nSPS) is 14.6. The molecule has 1 aliphatic rings. The monoisotopic (exact) mass is 569 g/mol. The van der Waals surface area contributed by atoms with Crippen molar-refractivity contribution < 1.29 is 31.9 Å². The third kappa shape index (κ3) is 6.01. The van der Waals surface area contributed by atoms with Gasteiger partial charge in [-0.05, 0) is 64.5 Å². The molecule has 0 bridgehead atoms. The highest BCUT2D eigenvalue weighted by molar-refractivity contribution is 9.10. The fourth-order valence-corrected chi connectivity index (χ4v) is 5.20. The number of benzene rings is 2. The maximum atomic E-state index is 12.8. The van der Waals surface area contributed by atoms with Crippen molar-refractivity contribution in [2.75, 3.05) is 6.61 Å². The number of thioether (sulfide) groups is 1. The Morgan fingerprint density at radius 2 is 2.06 bits per heavy atom. The highest BCUT2D eigenvalue weighted by atomic mass is 79.9. The smallest absolute Gasteiger partial charge is 0.339 e. The molecule has 11 nitrogen and oxygen atoms in total. The van der Waals surface area contributed by atoms with Gasteiger partial charge in [0.05, 0.1) is 20.9 Å². The molecule has 34 heavy (non-hydrogen) atoms. The van der Waals surface area contributed by atoms with Crippen molar-refractivity contribution in [3.05, 3.63) is 61.5 Å². The number of amidine groups is 1. The van der Waals surface area contributed by atoms with Crippen LogP contribution in [0.2, 0.25) is 0 Å². The van der Waals surface area contributed by atoms with Gasteiger partial charge in [-0.2, -0.15) is 13.4 Å². The lowest BCUT2D eigenvalue weighted by molar-refractivity contribution is -0.385. The third-order valence-corrected chi connectivity index (χ3v) is 6.75. The minimum Gasteiger partial charge on any atom is -0.490 e. The van der Waals surface area contributed by atoms with Crippen LogP contribution in [0.25, 0.3) is 6.08 Å². The summed E-state index contributed by atoms with van der Waals surface area (Å²) in [6.45, 7) is 3.14. The van der Waals surface area contributed by atoms with Crippen molar-refractivity contribution in [2.24, 2.45) is 4.99 Å². The zero-order valence-electron chi connectivity index (χ0n) is 17.6. The number of non-ortho nitro benzene ring substituents is 1. The maximum Gasteiger partial charge on any atom is 0.339 e. The maximum absolute atomic E-state index is 12.8. The molecule has 0 atom stereocenters. The van der Waals surface area contributed by atoms with Crippen molar-refractivity contribution >= 4 is 66.6 Å². The fourth-order valence-electron chi connectivity index (χ4n) is 2.69. The third-order valence-electron chi connectivity index (χ3n) is 4.04. The summed E-state index contributed by atoms with van der Waals surface area (Å²) >= 11 is 4.23. The van der Waals surface area contributed by atoms with Crippen LogP contribution in [0.4, 0.5) is 5.69 Å². The second-order valence-electron chi connectivity index (χ2n) is 6.57. The molecule has 14 heteroatoms. The van der Waals surface area contributed by atoms with Gasteiger partial charge in [0.2, 0.25) is 5.91 Å². The molecule has 1 N–H and O–H groups in total. The molecule has 0 saturated carbocycles. The van der Waals surface area contributed by atoms with E-state index in [1.807, 2.05) is 0 Å². The largest absolute Gasteiger partial charge is 0.490 e. The van der Waals surface area contributed by atoms with Crippen LogP contribution in [0.1, 0.15) is 19.4 Å². The fraction of sp³-hybridized carbons (Fsp3) is 0.150. The molecule has 1 heterocycles. The van der Waals surface area contributed by atoms with E-state index in [0.717, 1.165) is 23.9 Å². The van der Waals surface area contributed by atoms with Crippen molar-refractivity contribution in [3.8, 4) is 11.5 Å². The molecular formula is C20H16BrN3O8S2. The van der Waals surface area contributed by atoms with E-state index in [1.165, 1.54) is 37.3 Å². The number of rotatable bonds is 7. The van der Waals surface area contributed by atoms with Crippen molar-refractivity contribution in [2.45, 2.75) is 18.7 Å². The van der Waals surface area contributed by atoms with Crippen LogP contribution in [0.5, 0.6) is 11.5 Å². The molecule has 178 valence electrons. The Labute approximate surface area is 206 Å². The number of amides is 2. The summed E-state index contributed by atoms with van der Waals surface area (Å²) in [7, 11) is -4.44. The lowest BCUT2D eigenvalue weighted by atomic mass is 10.2. The highest BCUT2D eigenvalue weighted by Crippen LogP contribution is 2.40. The summed E-state index contributed by atoms with van der Waals surface area (Å²) in [5.41, 5.74) is 0.0564. The zero-order chi connectivity index (χ0) is 25.0. The number of ether oxygens (including phenoxy) is 1. The topological polar surface area (TPSA) is 154 Å². The van der Waals surface area contributed by atoms with Gasteiger partial charge in [-0.1, -0.05) is 6.07 Å². The molecule has 0 unspecified atom stereocenters. The number of nitro benzene ring substituents is 1. The van der Waals surface area contributed by atoms with Crippen molar-refractivity contribution in [3.63, 3.8) is 0 Å². The number of hydrogen-bond donors (Lipinski definition) is 1. The number of aliphatic imine (C=N–C) groups is 1. The van der Waals surface area contributed by atoms with E-state index < -0.39 is 31.5 Å². The molecule has 0 fully saturated rings. The lowest BCUT2D eigenvalue weighted by Gasteiger charge is -2.14. The highest BCUT2D eigenvalue weighted by Gasteiger charge is 2.26. The van der Waals surface area contributed by atoms with Crippen molar-refractivity contribution in [1.29, 1.82) is 0 Å². The number of carbonyl (C=O) groups is 2. The molecule has 0 aliphatic carbocycles. The van der Waals surface area contributed by atoms with Gasteiger partial charge >= 0.3 is 10.1 Å². The predicted molar refractivity (Wildman–Crippen MR) is 128 cm³/mol. The first-order valence-electron chi connectivity index (χ1n) is 9.45. The minimum atomic E-state index is -4.44. The van der Waals surface area contributed by atoms with Gasteiger partial charge in [-0.25, -0.2) is 0 Å². The number of hydrogen-bond acceptors (Lipinski definition) is 9.